The Morgan fingerprint density at radius 2 is 2.36 bits per heavy atom. The summed E-state index contributed by atoms with van der Waals surface area (Å²) >= 11 is 0. The van der Waals surface area contributed by atoms with Gasteiger partial charge in [-0.25, -0.2) is 0 Å². The lowest BCUT2D eigenvalue weighted by Crippen LogP contribution is -2.31. The van der Waals surface area contributed by atoms with Crippen LogP contribution in [0.2, 0.25) is 0 Å². The summed E-state index contributed by atoms with van der Waals surface area (Å²) in [5.41, 5.74) is 1.15. The molecule has 2 rings (SSSR count). The van der Waals surface area contributed by atoms with E-state index in [9.17, 15) is 0 Å². The smallest absolute Gasteiger partial charge is 0.0633 e. The lowest BCUT2D eigenvalue weighted by molar-refractivity contribution is 0.484. The van der Waals surface area contributed by atoms with E-state index in [-0.39, 0.29) is 0 Å². The van der Waals surface area contributed by atoms with Crippen LogP contribution in [0.25, 0.3) is 0 Å². The summed E-state index contributed by atoms with van der Waals surface area (Å²) in [7, 11) is 0. The summed E-state index contributed by atoms with van der Waals surface area (Å²) in [6, 6.07) is 0.608. The average molecular weight is 191 g/mol. The van der Waals surface area contributed by atoms with Crippen molar-refractivity contribution in [3.63, 3.8) is 0 Å². The Labute approximate surface area is 85.0 Å². The molecule has 1 aliphatic carbocycles. The minimum Gasteiger partial charge on any atom is -0.314 e. The van der Waals surface area contributed by atoms with Crippen LogP contribution in [0.15, 0.2) is 18.6 Å². The second-order valence-electron chi connectivity index (χ2n) is 3.83. The SMILES string of the molecule is CCNC1CCCC1c1cnccn1. The zero-order valence-electron chi connectivity index (χ0n) is 8.61. The molecule has 3 heteroatoms. The van der Waals surface area contributed by atoms with Gasteiger partial charge in [-0.2, -0.15) is 0 Å². The first-order valence-electron chi connectivity index (χ1n) is 5.41. The second-order valence-corrected chi connectivity index (χ2v) is 3.83. The van der Waals surface area contributed by atoms with E-state index in [1.54, 1.807) is 12.4 Å². The van der Waals surface area contributed by atoms with Crippen molar-refractivity contribution in [3.05, 3.63) is 24.3 Å². The molecule has 0 spiro atoms. The molecule has 1 N–H and O–H groups in total. The van der Waals surface area contributed by atoms with Crippen LogP contribution in [0.4, 0.5) is 0 Å². The summed E-state index contributed by atoms with van der Waals surface area (Å²) < 4.78 is 0. The van der Waals surface area contributed by atoms with Gasteiger partial charge in [0.2, 0.25) is 0 Å². The van der Waals surface area contributed by atoms with Gasteiger partial charge in [0, 0.05) is 30.6 Å². The van der Waals surface area contributed by atoms with E-state index < -0.39 is 0 Å². The van der Waals surface area contributed by atoms with Crippen LogP contribution in [-0.4, -0.2) is 22.6 Å². The first-order valence-corrected chi connectivity index (χ1v) is 5.41. The van der Waals surface area contributed by atoms with Gasteiger partial charge in [-0.3, -0.25) is 9.97 Å². The van der Waals surface area contributed by atoms with Crippen molar-refractivity contribution in [3.8, 4) is 0 Å². The molecule has 0 bridgehead atoms. The van der Waals surface area contributed by atoms with E-state index in [0.29, 0.717) is 12.0 Å². The van der Waals surface area contributed by atoms with Crippen molar-refractivity contribution in [1.82, 2.24) is 15.3 Å². The van der Waals surface area contributed by atoms with Gasteiger partial charge in [0.15, 0.2) is 0 Å². The topological polar surface area (TPSA) is 37.8 Å². The molecule has 0 saturated heterocycles. The van der Waals surface area contributed by atoms with Gasteiger partial charge in [-0.15, -0.1) is 0 Å². The van der Waals surface area contributed by atoms with E-state index in [1.807, 2.05) is 6.20 Å². The van der Waals surface area contributed by atoms with E-state index in [2.05, 4.69) is 22.2 Å². The van der Waals surface area contributed by atoms with Gasteiger partial charge in [-0.05, 0) is 19.4 Å². The van der Waals surface area contributed by atoms with E-state index in [1.165, 1.54) is 19.3 Å². The van der Waals surface area contributed by atoms with Crippen molar-refractivity contribution < 1.29 is 0 Å². The average Bonchev–Trinajstić information content (AvgIpc) is 2.68. The minimum absolute atomic E-state index is 0.573. The van der Waals surface area contributed by atoms with Crippen LogP contribution in [0.5, 0.6) is 0 Å². The summed E-state index contributed by atoms with van der Waals surface area (Å²) in [4.78, 5) is 8.52. The van der Waals surface area contributed by atoms with E-state index in [4.69, 9.17) is 0 Å². The van der Waals surface area contributed by atoms with Crippen molar-refractivity contribution in [1.29, 1.82) is 0 Å². The maximum absolute atomic E-state index is 4.39. The molecule has 1 aliphatic rings. The number of nitrogens with one attached hydrogen (secondary N) is 1. The third-order valence-corrected chi connectivity index (χ3v) is 2.95. The highest BCUT2D eigenvalue weighted by Gasteiger charge is 2.28. The van der Waals surface area contributed by atoms with Crippen LogP contribution in [-0.2, 0) is 0 Å². The molecule has 0 aliphatic heterocycles. The molecule has 1 aromatic heterocycles. The number of hydrogen-bond acceptors (Lipinski definition) is 3. The highest BCUT2D eigenvalue weighted by molar-refractivity contribution is 5.09. The van der Waals surface area contributed by atoms with Crippen LogP contribution >= 0.6 is 0 Å². The van der Waals surface area contributed by atoms with Crippen molar-refractivity contribution in [2.75, 3.05) is 6.54 Å². The van der Waals surface area contributed by atoms with Gasteiger partial charge >= 0.3 is 0 Å². The highest BCUT2D eigenvalue weighted by atomic mass is 14.9. The zero-order chi connectivity index (χ0) is 9.80. The molecule has 76 valence electrons. The molecule has 14 heavy (non-hydrogen) atoms. The Kier molecular flexibility index (Phi) is 3.09. The van der Waals surface area contributed by atoms with Gasteiger partial charge in [0.25, 0.3) is 0 Å². The number of likely N-dealkylation sites (N-methyl/N-ethyl adjacent to an activating group) is 1. The summed E-state index contributed by atoms with van der Waals surface area (Å²) in [6.45, 7) is 3.20. The zero-order valence-corrected chi connectivity index (χ0v) is 8.61. The van der Waals surface area contributed by atoms with Crippen LogP contribution in [0.1, 0.15) is 37.8 Å². The first kappa shape index (κ1) is 9.59. The van der Waals surface area contributed by atoms with Crippen molar-refractivity contribution in [2.45, 2.75) is 38.1 Å². The van der Waals surface area contributed by atoms with E-state index in [0.717, 1.165) is 12.2 Å². The quantitative estimate of drug-likeness (QED) is 0.790. The number of rotatable bonds is 3. The summed E-state index contributed by atoms with van der Waals surface area (Å²) in [5.74, 6) is 0.573. The maximum atomic E-state index is 4.39. The number of nitrogens with zero attached hydrogens (tertiary/aromatic N) is 2. The summed E-state index contributed by atoms with van der Waals surface area (Å²) in [5, 5.41) is 3.53. The Morgan fingerprint density at radius 1 is 1.43 bits per heavy atom. The summed E-state index contributed by atoms with van der Waals surface area (Å²) in [6.07, 6.45) is 9.25. The fourth-order valence-electron chi connectivity index (χ4n) is 2.32. The number of aromatic nitrogens is 2. The van der Waals surface area contributed by atoms with Gasteiger partial charge in [0.05, 0.1) is 5.69 Å². The van der Waals surface area contributed by atoms with Crippen LogP contribution in [0.3, 0.4) is 0 Å². The lowest BCUT2D eigenvalue weighted by Gasteiger charge is -2.19. The monoisotopic (exact) mass is 191 g/mol. The van der Waals surface area contributed by atoms with Gasteiger partial charge in [0.1, 0.15) is 0 Å². The van der Waals surface area contributed by atoms with Crippen LogP contribution < -0.4 is 5.32 Å². The van der Waals surface area contributed by atoms with Gasteiger partial charge < -0.3 is 5.32 Å². The molecule has 1 saturated carbocycles. The van der Waals surface area contributed by atoms with Gasteiger partial charge in [-0.1, -0.05) is 13.3 Å². The molecular formula is C11H17N3. The first-order chi connectivity index (χ1) is 6.92. The minimum atomic E-state index is 0.573. The Bertz CT molecular complexity index is 273. The molecule has 2 atom stereocenters. The fraction of sp³-hybridized carbons (Fsp3) is 0.636. The molecule has 2 unspecified atom stereocenters. The lowest BCUT2D eigenvalue weighted by atomic mass is 10.00. The highest BCUT2D eigenvalue weighted by Crippen LogP contribution is 2.32. The van der Waals surface area contributed by atoms with Crippen LogP contribution in [0, 0.1) is 0 Å². The number of hydrogen-bond donors (Lipinski definition) is 1. The predicted octanol–water partition coefficient (Wildman–Crippen LogP) is 1.72. The molecule has 1 fully saturated rings. The molecule has 1 heterocycles. The van der Waals surface area contributed by atoms with Crippen molar-refractivity contribution in [2.24, 2.45) is 0 Å². The Hall–Kier alpha value is -0.960. The Balaban J connectivity index is 2.10. The largest absolute Gasteiger partial charge is 0.314 e. The molecule has 1 aromatic rings. The normalized spacial score (nSPS) is 26.6. The third kappa shape index (κ3) is 1.93. The molecule has 0 radical (unpaired) electrons. The van der Waals surface area contributed by atoms with E-state index >= 15 is 0 Å². The predicted molar refractivity (Wildman–Crippen MR) is 56.1 cm³/mol. The molecule has 3 nitrogen and oxygen atoms in total. The second kappa shape index (κ2) is 4.51. The molecule has 0 amide bonds. The Morgan fingerprint density at radius 3 is 3.07 bits per heavy atom. The standard InChI is InChI=1S/C11H17N3/c1-2-13-10-5-3-4-9(10)11-8-12-6-7-14-11/h6-10,13H,2-5H2,1H3. The molecule has 0 aromatic carbocycles. The van der Waals surface area contributed by atoms with Crippen molar-refractivity contribution >= 4 is 0 Å². The maximum Gasteiger partial charge on any atom is 0.0633 e. The molecular weight excluding hydrogens is 174 g/mol. The third-order valence-electron chi connectivity index (χ3n) is 2.95. The fourth-order valence-corrected chi connectivity index (χ4v) is 2.32.